The van der Waals surface area contributed by atoms with Crippen LogP contribution in [0.15, 0.2) is 11.8 Å². The summed E-state index contributed by atoms with van der Waals surface area (Å²) in [6.07, 6.45) is 3.08. The van der Waals surface area contributed by atoms with Crippen molar-refractivity contribution in [1.29, 1.82) is 0 Å². The van der Waals surface area contributed by atoms with Crippen molar-refractivity contribution in [2.24, 2.45) is 11.8 Å². The van der Waals surface area contributed by atoms with Crippen molar-refractivity contribution < 1.29 is 10.2 Å². The number of rotatable bonds is 0. The van der Waals surface area contributed by atoms with Gasteiger partial charge in [0.15, 0.2) is 0 Å². The van der Waals surface area contributed by atoms with Crippen LogP contribution in [-0.2, 0) is 0 Å². The fraction of sp³-hybridized carbons (Fsp3) is 0.714. The van der Waals surface area contributed by atoms with Crippen LogP contribution in [0.5, 0.6) is 0 Å². The van der Waals surface area contributed by atoms with E-state index in [1.54, 1.807) is 6.08 Å². The zero-order chi connectivity index (χ0) is 6.43. The van der Waals surface area contributed by atoms with Crippen molar-refractivity contribution in [3.63, 3.8) is 0 Å². The van der Waals surface area contributed by atoms with E-state index in [1.807, 2.05) is 0 Å². The summed E-state index contributed by atoms with van der Waals surface area (Å²) in [5, 5.41) is 20.0. The number of fused-ring (bicyclic) bond motifs is 2. The molecule has 0 radical (unpaired) electrons. The summed E-state index contributed by atoms with van der Waals surface area (Å²) >= 11 is 0. The lowest BCUT2D eigenvalue weighted by molar-refractivity contribution is -0.314. The molecule has 2 aliphatic rings. The highest BCUT2D eigenvalue weighted by molar-refractivity contribution is 5.14. The Hall–Kier alpha value is -0.500. The highest BCUT2D eigenvalue weighted by Crippen LogP contribution is 2.41. The van der Waals surface area contributed by atoms with E-state index in [1.165, 1.54) is 0 Å². The van der Waals surface area contributed by atoms with Crippen molar-refractivity contribution >= 4 is 0 Å². The fourth-order valence-electron chi connectivity index (χ4n) is 1.81. The molecule has 0 aliphatic heterocycles. The van der Waals surface area contributed by atoms with Crippen LogP contribution >= 0.6 is 0 Å². The highest BCUT2D eigenvalue weighted by Gasteiger charge is 2.35. The molecular weight excluding hydrogens is 116 g/mol. The Balaban J connectivity index is 2.25. The predicted octanol–water partition coefficient (Wildman–Crippen LogP) is -0.369. The van der Waals surface area contributed by atoms with Gasteiger partial charge in [0.25, 0.3) is 0 Å². The Labute approximate surface area is 53.8 Å². The van der Waals surface area contributed by atoms with Gasteiger partial charge in [-0.3, -0.25) is 0 Å². The van der Waals surface area contributed by atoms with Gasteiger partial charge in [0, 0.05) is 5.92 Å². The molecule has 2 heteroatoms. The minimum atomic E-state index is -0.215. The second-order valence-electron chi connectivity index (χ2n) is 2.97. The van der Waals surface area contributed by atoms with Crippen LogP contribution in [0.2, 0.25) is 0 Å². The third-order valence-corrected chi connectivity index (χ3v) is 2.36. The Bertz CT molecular complexity index is 162. The summed E-state index contributed by atoms with van der Waals surface area (Å²) in [6.45, 7) is 0. The van der Waals surface area contributed by atoms with E-state index >= 15 is 0 Å². The third kappa shape index (κ3) is 0.597. The van der Waals surface area contributed by atoms with Crippen LogP contribution < -0.4 is 5.11 Å². The quantitative estimate of drug-likeness (QED) is 0.480. The summed E-state index contributed by atoms with van der Waals surface area (Å²) in [7, 11) is 0. The summed E-state index contributed by atoms with van der Waals surface area (Å²) in [5.41, 5.74) is 0. The smallest absolute Gasteiger partial charge is 0.0608 e. The van der Waals surface area contributed by atoms with Gasteiger partial charge in [0.2, 0.25) is 0 Å². The molecule has 2 rings (SSSR count). The molecule has 1 fully saturated rings. The lowest BCUT2D eigenvalue weighted by Gasteiger charge is -2.20. The lowest BCUT2D eigenvalue weighted by atomic mass is 10.0. The summed E-state index contributed by atoms with van der Waals surface area (Å²) in [6, 6.07) is 0. The first-order valence-electron chi connectivity index (χ1n) is 3.34. The van der Waals surface area contributed by atoms with Gasteiger partial charge in [0.05, 0.1) is 6.10 Å². The lowest BCUT2D eigenvalue weighted by Crippen LogP contribution is -2.18. The zero-order valence-electron chi connectivity index (χ0n) is 5.08. The van der Waals surface area contributed by atoms with Gasteiger partial charge in [0.1, 0.15) is 0 Å². The molecule has 1 N–H and O–H groups in total. The maximum atomic E-state index is 10.8. The van der Waals surface area contributed by atoms with Crippen LogP contribution in [0.4, 0.5) is 0 Å². The monoisotopic (exact) mass is 125 g/mol. The van der Waals surface area contributed by atoms with Gasteiger partial charge in [-0.25, -0.2) is 0 Å². The number of aliphatic hydroxyl groups excluding tert-OH is 1. The summed E-state index contributed by atoms with van der Waals surface area (Å²) in [4.78, 5) is 0. The highest BCUT2D eigenvalue weighted by atomic mass is 16.3. The molecule has 2 nitrogen and oxygen atoms in total. The molecular formula is C7H9O2-. The number of hydrogen-bond acceptors (Lipinski definition) is 2. The fourth-order valence-corrected chi connectivity index (χ4v) is 1.81. The molecule has 1 saturated carbocycles. The molecule has 0 saturated heterocycles. The van der Waals surface area contributed by atoms with Gasteiger partial charge in [-0.1, -0.05) is 6.08 Å². The Morgan fingerprint density at radius 2 is 2.33 bits per heavy atom. The number of aliphatic hydroxyl groups is 1. The predicted molar refractivity (Wildman–Crippen MR) is 30.3 cm³/mol. The average molecular weight is 125 g/mol. The van der Waals surface area contributed by atoms with Gasteiger partial charge < -0.3 is 10.2 Å². The maximum absolute atomic E-state index is 10.8. The third-order valence-electron chi connectivity index (χ3n) is 2.36. The Morgan fingerprint density at radius 3 is 2.67 bits per heavy atom. The maximum Gasteiger partial charge on any atom is 0.0608 e. The molecule has 0 aromatic heterocycles. The summed E-state index contributed by atoms with van der Waals surface area (Å²) < 4.78 is 0. The Morgan fingerprint density at radius 1 is 1.56 bits per heavy atom. The van der Waals surface area contributed by atoms with E-state index in [0.717, 1.165) is 6.42 Å². The van der Waals surface area contributed by atoms with Crippen molar-refractivity contribution in [3.05, 3.63) is 11.8 Å². The van der Waals surface area contributed by atoms with Crippen LogP contribution in [0.1, 0.15) is 12.8 Å². The second kappa shape index (κ2) is 1.51. The SMILES string of the molecule is [O-]C1=C[C@H]2C[C@@H]1C[C@H]2O. The van der Waals surface area contributed by atoms with Crippen molar-refractivity contribution in [2.75, 3.05) is 0 Å². The van der Waals surface area contributed by atoms with Crippen molar-refractivity contribution in [3.8, 4) is 0 Å². The molecule has 0 spiro atoms. The van der Waals surface area contributed by atoms with E-state index < -0.39 is 0 Å². The minimum absolute atomic E-state index is 0.171. The topological polar surface area (TPSA) is 43.3 Å². The number of allylic oxidation sites excluding steroid dienone is 1. The molecule has 0 amide bonds. The molecule has 0 unspecified atom stereocenters. The van der Waals surface area contributed by atoms with E-state index in [-0.39, 0.29) is 23.7 Å². The molecule has 0 aromatic carbocycles. The first-order valence-corrected chi connectivity index (χ1v) is 3.34. The number of hydrogen-bond donors (Lipinski definition) is 1. The van der Waals surface area contributed by atoms with Crippen LogP contribution in [-0.4, -0.2) is 11.2 Å². The molecule has 2 bridgehead atoms. The van der Waals surface area contributed by atoms with Gasteiger partial charge >= 0.3 is 0 Å². The standard InChI is InChI=1S/C7H10O2/c8-6-2-4-1-5(6)3-7(4)9/h2,4-5,7-9H,1,3H2/p-1/t4-,5-,7-/m1/s1. The van der Waals surface area contributed by atoms with Gasteiger partial charge in [-0.2, -0.15) is 0 Å². The first-order chi connectivity index (χ1) is 4.27. The Kier molecular flexibility index (Phi) is 0.887. The normalized spacial score (nSPS) is 47.7. The second-order valence-corrected chi connectivity index (χ2v) is 2.97. The molecule has 50 valence electrons. The van der Waals surface area contributed by atoms with Gasteiger partial charge in [-0.05, 0) is 18.8 Å². The molecule has 0 aromatic rings. The van der Waals surface area contributed by atoms with Crippen LogP contribution in [0, 0.1) is 11.8 Å². The van der Waals surface area contributed by atoms with E-state index in [9.17, 15) is 5.11 Å². The van der Waals surface area contributed by atoms with E-state index in [4.69, 9.17) is 5.11 Å². The molecule has 9 heavy (non-hydrogen) atoms. The largest absolute Gasteiger partial charge is 0.875 e. The molecule has 0 heterocycles. The van der Waals surface area contributed by atoms with Crippen LogP contribution in [0.3, 0.4) is 0 Å². The molecule has 3 atom stereocenters. The van der Waals surface area contributed by atoms with E-state index in [0.29, 0.717) is 6.42 Å². The molecule has 2 aliphatic carbocycles. The average Bonchev–Trinajstić information content (AvgIpc) is 2.24. The van der Waals surface area contributed by atoms with Gasteiger partial charge in [-0.15, -0.1) is 5.76 Å². The van der Waals surface area contributed by atoms with E-state index in [2.05, 4.69) is 0 Å². The zero-order valence-corrected chi connectivity index (χ0v) is 5.08. The summed E-state index contributed by atoms with van der Waals surface area (Å²) in [5.74, 6) is 0.623. The minimum Gasteiger partial charge on any atom is -0.875 e. The van der Waals surface area contributed by atoms with Crippen molar-refractivity contribution in [1.82, 2.24) is 0 Å². The first kappa shape index (κ1) is 5.30. The van der Waals surface area contributed by atoms with Crippen LogP contribution in [0.25, 0.3) is 0 Å². The van der Waals surface area contributed by atoms with Crippen molar-refractivity contribution in [2.45, 2.75) is 18.9 Å².